The second-order valence-corrected chi connectivity index (χ2v) is 7.15. The Hall–Kier alpha value is -3.15. The largest absolute Gasteiger partial charge is 0.507 e. The summed E-state index contributed by atoms with van der Waals surface area (Å²) in [4.78, 5) is 31.5. The number of pyridine rings is 1. The van der Waals surface area contributed by atoms with E-state index in [9.17, 15) is 14.7 Å². The number of carbonyl (C=O) groups excluding carboxylic acids is 2. The number of aromatic nitrogens is 1. The molecule has 0 bridgehead atoms. The average Bonchev–Trinajstić information content (AvgIpc) is 3.35. The molecule has 6 nitrogen and oxygen atoms in total. The van der Waals surface area contributed by atoms with E-state index in [0.29, 0.717) is 11.3 Å². The van der Waals surface area contributed by atoms with E-state index in [2.05, 4.69) is 4.98 Å². The minimum Gasteiger partial charge on any atom is -0.507 e. The Balaban J connectivity index is 1.86. The first-order chi connectivity index (χ1) is 13.6. The number of hydrogen-bond acceptors (Lipinski definition) is 5. The topological polar surface area (TPSA) is 79.7 Å². The maximum Gasteiger partial charge on any atom is 0.295 e. The fourth-order valence-corrected chi connectivity index (χ4v) is 4.19. The Morgan fingerprint density at radius 2 is 1.71 bits per heavy atom. The number of ketones is 1. The van der Waals surface area contributed by atoms with Crippen molar-refractivity contribution in [1.29, 1.82) is 0 Å². The predicted octanol–water partition coefficient (Wildman–Crippen LogP) is 3.45. The molecule has 0 radical (unpaired) electrons. The highest BCUT2D eigenvalue weighted by Crippen LogP contribution is 2.43. The number of rotatable bonds is 4. The summed E-state index contributed by atoms with van der Waals surface area (Å²) in [6.07, 6.45) is 6.90. The average molecular weight is 378 g/mol. The lowest BCUT2D eigenvalue weighted by atomic mass is 9.95. The summed E-state index contributed by atoms with van der Waals surface area (Å²) in [6.45, 7) is 0. The van der Waals surface area contributed by atoms with Crippen LogP contribution in [0.2, 0.25) is 0 Å². The Kier molecular flexibility index (Phi) is 4.86. The molecule has 2 fully saturated rings. The molecule has 1 saturated heterocycles. The van der Waals surface area contributed by atoms with Crippen LogP contribution in [0.25, 0.3) is 5.76 Å². The van der Waals surface area contributed by atoms with Gasteiger partial charge in [-0.15, -0.1) is 0 Å². The van der Waals surface area contributed by atoms with Crippen LogP contribution in [-0.2, 0) is 9.59 Å². The smallest absolute Gasteiger partial charge is 0.295 e. The van der Waals surface area contributed by atoms with Crippen LogP contribution in [0.4, 0.5) is 0 Å². The summed E-state index contributed by atoms with van der Waals surface area (Å²) < 4.78 is 5.23. The van der Waals surface area contributed by atoms with Gasteiger partial charge in [0.2, 0.25) is 0 Å². The number of benzene rings is 1. The van der Waals surface area contributed by atoms with Crippen molar-refractivity contribution in [2.24, 2.45) is 0 Å². The highest BCUT2D eigenvalue weighted by Gasteiger charge is 2.49. The lowest BCUT2D eigenvalue weighted by molar-refractivity contribution is -0.141. The van der Waals surface area contributed by atoms with Crippen LogP contribution in [0, 0.1) is 0 Å². The fourth-order valence-electron chi connectivity index (χ4n) is 4.19. The molecular weight excluding hydrogens is 356 g/mol. The van der Waals surface area contributed by atoms with Gasteiger partial charge in [0.25, 0.3) is 11.7 Å². The van der Waals surface area contributed by atoms with Gasteiger partial charge >= 0.3 is 0 Å². The van der Waals surface area contributed by atoms with Gasteiger partial charge in [0, 0.05) is 24.0 Å². The third kappa shape index (κ3) is 3.05. The van der Waals surface area contributed by atoms with E-state index in [4.69, 9.17) is 4.74 Å². The second kappa shape index (κ2) is 7.46. The molecule has 1 aliphatic carbocycles. The van der Waals surface area contributed by atoms with E-state index >= 15 is 0 Å². The first kappa shape index (κ1) is 18.2. The molecule has 2 aliphatic rings. The van der Waals surface area contributed by atoms with Crippen molar-refractivity contribution in [3.63, 3.8) is 0 Å². The summed E-state index contributed by atoms with van der Waals surface area (Å²) in [5.41, 5.74) is 1.38. The minimum atomic E-state index is -0.637. The standard InChI is InChI=1S/C22H22N2O4/c1-28-17-8-6-14(7-9-17)19-18(20(25)15-10-12-23-13-11-15)21(26)22(27)24(19)16-4-2-3-5-16/h6-13,16,19,25H,2-5H2,1H3/b20-18-. The number of amides is 1. The molecule has 1 N–H and O–H groups in total. The van der Waals surface area contributed by atoms with Crippen molar-refractivity contribution in [2.75, 3.05) is 7.11 Å². The van der Waals surface area contributed by atoms with Gasteiger partial charge < -0.3 is 14.7 Å². The fraction of sp³-hybridized carbons (Fsp3) is 0.318. The molecule has 0 spiro atoms. The molecule has 1 saturated carbocycles. The number of methoxy groups -OCH3 is 1. The summed E-state index contributed by atoms with van der Waals surface area (Å²) in [5.74, 6) is -0.650. The number of hydrogen-bond donors (Lipinski definition) is 1. The van der Waals surface area contributed by atoms with Crippen molar-refractivity contribution in [3.8, 4) is 5.75 Å². The van der Waals surface area contributed by atoms with E-state index in [1.165, 1.54) is 0 Å². The van der Waals surface area contributed by atoms with Gasteiger partial charge in [0.15, 0.2) is 0 Å². The predicted molar refractivity (Wildman–Crippen MR) is 104 cm³/mol. The van der Waals surface area contributed by atoms with Crippen LogP contribution >= 0.6 is 0 Å². The zero-order valence-corrected chi connectivity index (χ0v) is 15.7. The first-order valence-electron chi connectivity index (χ1n) is 9.46. The van der Waals surface area contributed by atoms with Gasteiger partial charge in [0.1, 0.15) is 11.5 Å². The summed E-state index contributed by atoms with van der Waals surface area (Å²) >= 11 is 0. The van der Waals surface area contributed by atoms with Gasteiger partial charge in [-0.25, -0.2) is 0 Å². The highest BCUT2D eigenvalue weighted by molar-refractivity contribution is 6.46. The Morgan fingerprint density at radius 3 is 2.32 bits per heavy atom. The highest BCUT2D eigenvalue weighted by atomic mass is 16.5. The van der Waals surface area contributed by atoms with Gasteiger partial charge in [-0.2, -0.15) is 0 Å². The zero-order chi connectivity index (χ0) is 19.7. The van der Waals surface area contributed by atoms with Crippen LogP contribution < -0.4 is 4.74 Å². The van der Waals surface area contributed by atoms with E-state index in [1.807, 2.05) is 12.1 Å². The summed E-state index contributed by atoms with van der Waals surface area (Å²) in [6, 6.07) is 9.95. The maximum atomic E-state index is 12.9. The van der Waals surface area contributed by atoms with Crippen molar-refractivity contribution in [2.45, 2.75) is 37.8 Å². The van der Waals surface area contributed by atoms with Crippen LogP contribution in [0.5, 0.6) is 5.75 Å². The molecule has 2 heterocycles. The first-order valence-corrected chi connectivity index (χ1v) is 9.46. The lowest BCUT2D eigenvalue weighted by Crippen LogP contribution is -2.37. The molecule has 1 amide bonds. The van der Waals surface area contributed by atoms with E-state index in [-0.39, 0.29) is 17.4 Å². The van der Waals surface area contributed by atoms with Crippen molar-refractivity contribution in [1.82, 2.24) is 9.88 Å². The maximum absolute atomic E-state index is 12.9. The molecular formula is C22H22N2O4. The Bertz CT molecular complexity index is 915. The van der Waals surface area contributed by atoms with Crippen molar-refractivity contribution in [3.05, 3.63) is 65.5 Å². The third-order valence-corrected chi connectivity index (χ3v) is 5.58. The van der Waals surface area contributed by atoms with Crippen molar-refractivity contribution >= 4 is 17.4 Å². The SMILES string of the molecule is COc1ccc(C2/C(=C(/O)c3ccncc3)C(=O)C(=O)N2C2CCCC2)cc1. The molecule has 1 unspecified atom stereocenters. The monoisotopic (exact) mass is 378 g/mol. The molecule has 6 heteroatoms. The molecule has 1 atom stereocenters. The Labute approximate surface area is 163 Å². The molecule has 2 aromatic rings. The zero-order valence-electron chi connectivity index (χ0n) is 15.7. The Morgan fingerprint density at radius 1 is 1.07 bits per heavy atom. The number of ether oxygens (including phenoxy) is 1. The summed E-state index contributed by atoms with van der Waals surface area (Å²) in [7, 11) is 1.59. The van der Waals surface area contributed by atoms with E-state index in [0.717, 1.165) is 31.2 Å². The number of likely N-dealkylation sites (tertiary alicyclic amines) is 1. The van der Waals surface area contributed by atoms with Gasteiger partial charge in [-0.05, 0) is 42.7 Å². The van der Waals surface area contributed by atoms with Crippen LogP contribution in [0.15, 0.2) is 54.4 Å². The molecule has 144 valence electrons. The van der Waals surface area contributed by atoms with Crippen LogP contribution in [-0.4, -0.2) is 39.8 Å². The number of carbonyl (C=O) groups is 2. The molecule has 4 rings (SSSR count). The number of aliphatic hydroxyl groups excluding tert-OH is 1. The molecule has 1 aromatic carbocycles. The summed E-state index contributed by atoms with van der Waals surface area (Å²) in [5, 5.41) is 10.9. The lowest BCUT2D eigenvalue weighted by Gasteiger charge is -2.30. The third-order valence-electron chi connectivity index (χ3n) is 5.58. The van der Waals surface area contributed by atoms with E-state index < -0.39 is 17.7 Å². The number of Topliss-reactive ketones (excluding diaryl/α,β-unsaturated/α-hetero) is 1. The van der Waals surface area contributed by atoms with Gasteiger partial charge in [-0.3, -0.25) is 14.6 Å². The van der Waals surface area contributed by atoms with Crippen LogP contribution in [0.3, 0.4) is 0 Å². The van der Waals surface area contributed by atoms with Gasteiger partial charge in [-0.1, -0.05) is 25.0 Å². The quantitative estimate of drug-likeness (QED) is 0.501. The molecule has 28 heavy (non-hydrogen) atoms. The second-order valence-electron chi connectivity index (χ2n) is 7.15. The van der Waals surface area contributed by atoms with Crippen molar-refractivity contribution < 1.29 is 19.4 Å². The normalized spacial score (nSPS) is 22.0. The number of nitrogens with zero attached hydrogens (tertiary/aromatic N) is 2. The minimum absolute atomic E-state index is 0.00583. The molecule has 1 aliphatic heterocycles. The van der Waals surface area contributed by atoms with Gasteiger partial charge in [0.05, 0.1) is 18.7 Å². The van der Waals surface area contributed by atoms with Crippen LogP contribution in [0.1, 0.15) is 42.9 Å². The van der Waals surface area contributed by atoms with E-state index in [1.54, 1.807) is 48.7 Å². The molecule has 1 aromatic heterocycles. The number of aliphatic hydroxyl groups is 1.